The molecular formula is C13H16N4O. The maximum absolute atomic E-state index is 10.9. The van der Waals surface area contributed by atoms with Crippen molar-refractivity contribution in [3.63, 3.8) is 0 Å². The van der Waals surface area contributed by atoms with Crippen molar-refractivity contribution in [2.24, 2.45) is 12.8 Å². The third kappa shape index (κ3) is 2.57. The summed E-state index contributed by atoms with van der Waals surface area (Å²) in [6.07, 6.45) is 3.59. The van der Waals surface area contributed by atoms with Crippen molar-refractivity contribution in [2.45, 2.75) is 13.0 Å². The number of carbonyl (C=O) groups excluding carboxylic acids is 1. The van der Waals surface area contributed by atoms with Gasteiger partial charge < -0.3 is 15.6 Å². The Kier molecular flexibility index (Phi) is 3.43. The van der Waals surface area contributed by atoms with Crippen molar-refractivity contribution in [3.05, 3.63) is 48.0 Å². The summed E-state index contributed by atoms with van der Waals surface area (Å²) in [7, 11) is 1.91. The van der Waals surface area contributed by atoms with E-state index in [0.717, 1.165) is 17.1 Å². The summed E-state index contributed by atoms with van der Waals surface area (Å²) in [6, 6.07) is 7.19. The number of hydrogen-bond acceptors (Lipinski definition) is 3. The fraction of sp³-hybridized carbons (Fsp3) is 0.231. The standard InChI is InChI=1S/C13H16N4O/c1-9(18)16-11-5-3-10(4-6-11)12(14)13-15-7-8-17(13)2/h3-8,12H,14H2,1-2H3,(H,16,18). The third-order valence-electron chi connectivity index (χ3n) is 2.73. The predicted octanol–water partition coefficient (Wildman–Crippen LogP) is 1.43. The van der Waals surface area contributed by atoms with Crippen molar-refractivity contribution in [1.82, 2.24) is 9.55 Å². The van der Waals surface area contributed by atoms with E-state index in [1.807, 2.05) is 42.1 Å². The topological polar surface area (TPSA) is 72.9 Å². The summed E-state index contributed by atoms with van der Waals surface area (Å²) in [4.78, 5) is 15.1. The average Bonchev–Trinajstić information content (AvgIpc) is 2.75. The highest BCUT2D eigenvalue weighted by atomic mass is 16.1. The van der Waals surface area contributed by atoms with Crippen LogP contribution >= 0.6 is 0 Å². The zero-order valence-electron chi connectivity index (χ0n) is 10.4. The number of nitrogens with zero attached hydrogens (tertiary/aromatic N) is 2. The maximum Gasteiger partial charge on any atom is 0.221 e. The Morgan fingerprint density at radius 3 is 2.56 bits per heavy atom. The number of carbonyl (C=O) groups is 1. The lowest BCUT2D eigenvalue weighted by atomic mass is 10.1. The molecule has 0 fully saturated rings. The molecule has 1 aromatic heterocycles. The molecule has 0 aliphatic heterocycles. The molecule has 1 heterocycles. The fourth-order valence-electron chi connectivity index (χ4n) is 1.80. The summed E-state index contributed by atoms with van der Waals surface area (Å²) in [5.41, 5.74) is 7.86. The number of amides is 1. The molecule has 0 bridgehead atoms. The van der Waals surface area contributed by atoms with E-state index in [4.69, 9.17) is 5.73 Å². The first-order valence-corrected chi connectivity index (χ1v) is 5.68. The number of aryl methyl sites for hydroxylation is 1. The summed E-state index contributed by atoms with van der Waals surface area (Å²) < 4.78 is 1.90. The quantitative estimate of drug-likeness (QED) is 0.857. The van der Waals surface area contributed by atoms with Gasteiger partial charge in [0.1, 0.15) is 5.82 Å². The predicted molar refractivity (Wildman–Crippen MR) is 70.0 cm³/mol. The average molecular weight is 244 g/mol. The molecule has 0 spiro atoms. The van der Waals surface area contributed by atoms with Crippen molar-refractivity contribution in [2.75, 3.05) is 5.32 Å². The minimum atomic E-state index is -0.267. The van der Waals surface area contributed by atoms with Gasteiger partial charge in [0.05, 0.1) is 6.04 Å². The molecule has 2 aromatic rings. The van der Waals surface area contributed by atoms with Gasteiger partial charge in [0.2, 0.25) is 5.91 Å². The lowest BCUT2D eigenvalue weighted by Gasteiger charge is -2.12. The highest BCUT2D eigenvalue weighted by molar-refractivity contribution is 5.88. The highest BCUT2D eigenvalue weighted by Gasteiger charge is 2.12. The fourth-order valence-corrected chi connectivity index (χ4v) is 1.80. The number of imidazole rings is 1. The van der Waals surface area contributed by atoms with Crippen LogP contribution < -0.4 is 11.1 Å². The van der Waals surface area contributed by atoms with Crippen molar-refractivity contribution in [3.8, 4) is 0 Å². The van der Waals surface area contributed by atoms with Gasteiger partial charge in [-0.05, 0) is 17.7 Å². The Balaban J connectivity index is 2.19. The molecule has 5 nitrogen and oxygen atoms in total. The molecule has 1 atom stereocenters. The van der Waals surface area contributed by atoms with E-state index >= 15 is 0 Å². The van der Waals surface area contributed by atoms with E-state index in [9.17, 15) is 4.79 Å². The minimum absolute atomic E-state index is 0.0869. The molecule has 1 unspecified atom stereocenters. The second kappa shape index (κ2) is 5.01. The second-order valence-electron chi connectivity index (χ2n) is 4.18. The number of nitrogens with one attached hydrogen (secondary N) is 1. The molecule has 2 rings (SSSR count). The zero-order chi connectivity index (χ0) is 13.1. The molecule has 0 aliphatic carbocycles. The van der Waals surface area contributed by atoms with Crippen LogP contribution in [0.1, 0.15) is 24.4 Å². The van der Waals surface area contributed by atoms with Gasteiger partial charge in [-0.15, -0.1) is 0 Å². The summed E-state index contributed by atoms with van der Waals surface area (Å²) >= 11 is 0. The number of anilines is 1. The van der Waals surface area contributed by atoms with Gasteiger partial charge in [0, 0.05) is 32.1 Å². The van der Waals surface area contributed by atoms with Crippen LogP contribution in [0.5, 0.6) is 0 Å². The van der Waals surface area contributed by atoms with E-state index in [2.05, 4.69) is 10.3 Å². The van der Waals surface area contributed by atoms with Crippen molar-refractivity contribution < 1.29 is 4.79 Å². The summed E-state index contributed by atoms with van der Waals surface area (Å²) in [5, 5.41) is 2.72. The largest absolute Gasteiger partial charge is 0.336 e. The number of benzene rings is 1. The Labute approximate surface area is 106 Å². The molecule has 1 amide bonds. The highest BCUT2D eigenvalue weighted by Crippen LogP contribution is 2.19. The SMILES string of the molecule is CC(=O)Nc1ccc(C(N)c2nccn2C)cc1. The Bertz CT molecular complexity index is 544. The van der Waals surface area contributed by atoms with Crippen LogP contribution in [0, 0.1) is 0 Å². The van der Waals surface area contributed by atoms with Crippen LogP contribution in [0.4, 0.5) is 5.69 Å². The van der Waals surface area contributed by atoms with Gasteiger partial charge in [0.15, 0.2) is 0 Å². The van der Waals surface area contributed by atoms with Gasteiger partial charge in [-0.2, -0.15) is 0 Å². The lowest BCUT2D eigenvalue weighted by Crippen LogP contribution is -2.16. The molecule has 3 N–H and O–H groups in total. The maximum atomic E-state index is 10.9. The van der Waals surface area contributed by atoms with E-state index in [1.54, 1.807) is 6.20 Å². The molecule has 0 radical (unpaired) electrons. The van der Waals surface area contributed by atoms with Crippen LogP contribution in [0.2, 0.25) is 0 Å². The molecule has 0 aliphatic rings. The smallest absolute Gasteiger partial charge is 0.221 e. The van der Waals surface area contributed by atoms with Gasteiger partial charge in [-0.25, -0.2) is 4.98 Å². The van der Waals surface area contributed by atoms with Crippen LogP contribution in [-0.2, 0) is 11.8 Å². The van der Waals surface area contributed by atoms with E-state index in [-0.39, 0.29) is 11.9 Å². The molecule has 18 heavy (non-hydrogen) atoms. The van der Waals surface area contributed by atoms with E-state index < -0.39 is 0 Å². The van der Waals surface area contributed by atoms with E-state index in [1.165, 1.54) is 6.92 Å². The molecule has 5 heteroatoms. The first-order chi connectivity index (χ1) is 8.58. The Morgan fingerprint density at radius 2 is 2.06 bits per heavy atom. The molecule has 0 saturated heterocycles. The monoisotopic (exact) mass is 244 g/mol. The lowest BCUT2D eigenvalue weighted by molar-refractivity contribution is -0.114. The van der Waals surface area contributed by atoms with Gasteiger partial charge >= 0.3 is 0 Å². The first kappa shape index (κ1) is 12.3. The second-order valence-corrected chi connectivity index (χ2v) is 4.18. The normalized spacial score (nSPS) is 12.2. The number of hydrogen-bond donors (Lipinski definition) is 2. The molecule has 94 valence electrons. The van der Waals surface area contributed by atoms with Crippen molar-refractivity contribution in [1.29, 1.82) is 0 Å². The van der Waals surface area contributed by atoms with Gasteiger partial charge in [0.25, 0.3) is 0 Å². The Hall–Kier alpha value is -2.14. The Morgan fingerprint density at radius 1 is 1.39 bits per heavy atom. The molecule has 0 saturated carbocycles. The van der Waals surface area contributed by atoms with Crippen LogP contribution in [-0.4, -0.2) is 15.5 Å². The van der Waals surface area contributed by atoms with Gasteiger partial charge in [-0.3, -0.25) is 4.79 Å². The van der Waals surface area contributed by atoms with Crippen molar-refractivity contribution >= 4 is 11.6 Å². The number of rotatable bonds is 3. The number of nitrogens with two attached hydrogens (primary N) is 1. The molecule has 1 aromatic carbocycles. The van der Waals surface area contributed by atoms with Crippen LogP contribution in [0.15, 0.2) is 36.7 Å². The number of aromatic nitrogens is 2. The summed E-state index contributed by atoms with van der Waals surface area (Å²) in [5.74, 6) is 0.721. The third-order valence-corrected chi connectivity index (χ3v) is 2.73. The van der Waals surface area contributed by atoms with Gasteiger partial charge in [-0.1, -0.05) is 12.1 Å². The minimum Gasteiger partial charge on any atom is -0.336 e. The first-order valence-electron chi connectivity index (χ1n) is 5.68. The zero-order valence-corrected chi connectivity index (χ0v) is 10.4. The van der Waals surface area contributed by atoms with E-state index in [0.29, 0.717) is 0 Å². The van der Waals surface area contributed by atoms with Crippen LogP contribution in [0.25, 0.3) is 0 Å². The summed E-state index contributed by atoms with van der Waals surface area (Å²) in [6.45, 7) is 1.48. The molecular weight excluding hydrogens is 228 g/mol. The van der Waals surface area contributed by atoms with Crippen LogP contribution in [0.3, 0.4) is 0 Å².